The van der Waals surface area contributed by atoms with Gasteiger partial charge in [0.15, 0.2) is 0 Å². The summed E-state index contributed by atoms with van der Waals surface area (Å²) >= 11 is 0. The zero-order valence-corrected chi connectivity index (χ0v) is 6.45. The first-order valence-electron chi connectivity index (χ1n) is 3.05. The first kappa shape index (κ1) is 12.7. The summed E-state index contributed by atoms with van der Waals surface area (Å²) < 4.78 is 35.8. The van der Waals surface area contributed by atoms with E-state index in [0.717, 1.165) is 0 Å². The first-order valence-corrected chi connectivity index (χ1v) is 3.05. The van der Waals surface area contributed by atoms with Crippen LogP contribution in [-0.4, -0.2) is 39.2 Å². The van der Waals surface area contributed by atoms with Crippen LogP contribution in [0.3, 0.4) is 0 Å². The third-order valence-corrected chi connectivity index (χ3v) is 1.36. The quantitative estimate of drug-likeness (QED) is 0.449. The molecule has 0 bridgehead atoms. The highest BCUT2D eigenvalue weighted by Crippen LogP contribution is 2.32. The molecule has 0 saturated carbocycles. The summed E-state index contributed by atoms with van der Waals surface area (Å²) in [6.07, 6.45) is -5.45. The molecule has 2 unspecified atom stereocenters. The van der Waals surface area contributed by atoms with Crippen molar-refractivity contribution in [2.45, 2.75) is 11.9 Å². The van der Waals surface area contributed by atoms with Gasteiger partial charge < -0.3 is 15.3 Å². The van der Waals surface area contributed by atoms with Crippen molar-refractivity contribution in [3.63, 3.8) is 0 Å². The number of aliphatic hydroxyl groups is 1. The fraction of sp³-hybridized carbons (Fsp3) is 0.600. The molecule has 0 heterocycles. The highest BCUT2D eigenvalue weighted by atomic mass is 19.4. The van der Waals surface area contributed by atoms with Gasteiger partial charge in [0.25, 0.3) is 0 Å². The van der Waals surface area contributed by atoms with E-state index in [1.54, 1.807) is 0 Å². The zero-order valence-electron chi connectivity index (χ0n) is 6.45. The maximum atomic E-state index is 11.9. The Hall–Kier alpha value is -1.35. The van der Waals surface area contributed by atoms with Crippen molar-refractivity contribution in [2.75, 3.05) is 0 Å². The Morgan fingerprint density at radius 3 is 1.64 bits per heavy atom. The second-order valence-corrected chi connectivity index (χ2v) is 2.44. The number of aliphatic carboxylic acids is 2. The standard InChI is InChI=1S/C5H6F3NO5/c6-5(7,8)1(2(10)11)4(9,14)3(12)13/h1,14H,9H2,(H,10,11)(H,12,13). The van der Waals surface area contributed by atoms with Gasteiger partial charge in [-0.05, 0) is 0 Å². The van der Waals surface area contributed by atoms with Crippen LogP contribution in [0.2, 0.25) is 0 Å². The zero-order chi connectivity index (χ0) is 11.7. The number of halogens is 3. The van der Waals surface area contributed by atoms with E-state index in [1.165, 1.54) is 0 Å². The number of alkyl halides is 3. The lowest BCUT2D eigenvalue weighted by Crippen LogP contribution is -2.61. The van der Waals surface area contributed by atoms with Crippen LogP contribution >= 0.6 is 0 Å². The number of rotatable bonds is 3. The monoisotopic (exact) mass is 217 g/mol. The number of carboxylic acid groups (broad SMARTS) is 2. The van der Waals surface area contributed by atoms with Gasteiger partial charge in [-0.3, -0.25) is 10.5 Å². The minimum Gasteiger partial charge on any atom is -0.481 e. The molecule has 14 heavy (non-hydrogen) atoms. The maximum Gasteiger partial charge on any atom is 0.407 e. The van der Waals surface area contributed by atoms with Gasteiger partial charge in [-0.1, -0.05) is 0 Å². The summed E-state index contributed by atoms with van der Waals surface area (Å²) in [5, 5.41) is 24.8. The molecule has 0 aromatic heterocycles. The SMILES string of the molecule is NC(O)(C(=O)O)C(C(=O)O)C(F)(F)F. The molecule has 0 aliphatic rings. The van der Waals surface area contributed by atoms with E-state index in [2.05, 4.69) is 5.73 Å². The second kappa shape index (κ2) is 3.42. The molecule has 0 radical (unpaired) electrons. The van der Waals surface area contributed by atoms with Crippen LogP contribution < -0.4 is 5.73 Å². The summed E-state index contributed by atoms with van der Waals surface area (Å²) in [7, 11) is 0. The molecule has 9 heteroatoms. The lowest BCUT2D eigenvalue weighted by atomic mass is 9.96. The molecule has 0 aliphatic heterocycles. The van der Waals surface area contributed by atoms with Gasteiger partial charge in [0, 0.05) is 0 Å². The normalized spacial score (nSPS) is 18.4. The fourth-order valence-corrected chi connectivity index (χ4v) is 0.701. The van der Waals surface area contributed by atoms with Gasteiger partial charge >= 0.3 is 18.1 Å². The van der Waals surface area contributed by atoms with Gasteiger partial charge in [-0.15, -0.1) is 0 Å². The second-order valence-electron chi connectivity index (χ2n) is 2.44. The molecule has 5 N–H and O–H groups in total. The highest BCUT2D eigenvalue weighted by Gasteiger charge is 2.60. The van der Waals surface area contributed by atoms with Crippen LogP contribution in [0.4, 0.5) is 13.2 Å². The van der Waals surface area contributed by atoms with E-state index >= 15 is 0 Å². The Morgan fingerprint density at radius 2 is 1.57 bits per heavy atom. The van der Waals surface area contributed by atoms with Crippen LogP contribution in [0, 0.1) is 5.92 Å². The molecule has 2 atom stereocenters. The Kier molecular flexibility index (Phi) is 3.09. The summed E-state index contributed by atoms with van der Waals surface area (Å²) in [5.41, 5.74) is 0.461. The maximum absolute atomic E-state index is 11.9. The molecule has 0 fully saturated rings. The smallest absolute Gasteiger partial charge is 0.407 e. The molecular formula is C5H6F3NO5. The topological polar surface area (TPSA) is 121 Å². The van der Waals surface area contributed by atoms with Crippen molar-refractivity contribution < 1.29 is 38.1 Å². The van der Waals surface area contributed by atoms with Crippen LogP contribution in [0.25, 0.3) is 0 Å². The lowest BCUT2D eigenvalue weighted by Gasteiger charge is -2.26. The van der Waals surface area contributed by atoms with Crippen molar-refractivity contribution in [2.24, 2.45) is 11.7 Å². The summed E-state index contributed by atoms with van der Waals surface area (Å²) in [6, 6.07) is 0. The van der Waals surface area contributed by atoms with Crippen molar-refractivity contribution in [1.82, 2.24) is 0 Å². The van der Waals surface area contributed by atoms with Gasteiger partial charge in [0.2, 0.25) is 11.6 Å². The average Bonchev–Trinajstić information content (AvgIpc) is 1.79. The highest BCUT2D eigenvalue weighted by molar-refractivity contribution is 5.85. The van der Waals surface area contributed by atoms with E-state index in [4.69, 9.17) is 15.3 Å². The third-order valence-electron chi connectivity index (χ3n) is 1.36. The number of hydrogen-bond acceptors (Lipinski definition) is 4. The molecule has 0 rings (SSSR count). The van der Waals surface area contributed by atoms with Crippen molar-refractivity contribution >= 4 is 11.9 Å². The van der Waals surface area contributed by atoms with Crippen molar-refractivity contribution in [3.8, 4) is 0 Å². The van der Waals surface area contributed by atoms with E-state index in [0.29, 0.717) is 0 Å². The molecule has 82 valence electrons. The Labute approximate surface area is 74.7 Å². The van der Waals surface area contributed by atoms with Gasteiger partial charge in [-0.2, -0.15) is 13.2 Å². The van der Waals surface area contributed by atoms with Crippen molar-refractivity contribution in [1.29, 1.82) is 0 Å². The Morgan fingerprint density at radius 1 is 1.21 bits per heavy atom. The van der Waals surface area contributed by atoms with E-state index in [9.17, 15) is 22.8 Å². The van der Waals surface area contributed by atoms with Crippen LogP contribution in [-0.2, 0) is 9.59 Å². The summed E-state index contributed by atoms with van der Waals surface area (Å²) in [6.45, 7) is 0. The summed E-state index contributed by atoms with van der Waals surface area (Å²) in [4.78, 5) is 20.1. The number of carboxylic acids is 2. The fourth-order valence-electron chi connectivity index (χ4n) is 0.701. The molecule has 6 nitrogen and oxygen atoms in total. The van der Waals surface area contributed by atoms with Crippen LogP contribution in [0.15, 0.2) is 0 Å². The predicted molar refractivity (Wildman–Crippen MR) is 34.0 cm³/mol. The summed E-state index contributed by atoms with van der Waals surface area (Å²) in [5.74, 6) is -8.61. The number of carbonyl (C=O) groups is 2. The van der Waals surface area contributed by atoms with Gasteiger partial charge in [-0.25, -0.2) is 4.79 Å². The van der Waals surface area contributed by atoms with E-state index in [-0.39, 0.29) is 0 Å². The molecular weight excluding hydrogens is 211 g/mol. The first-order chi connectivity index (χ1) is 6.01. The van der Waals surface area contributed by atoms with Crippen LogP contribution in [0.1, 0.15) is 0 Å². The van der Waals surface area contributed by atoms with Crippen molar-refractivity contribution in [3.05, 3.63) is 0 Å². The third kappa shape index (κ3) is 2.33. The lowest BCUT2D eigenvalue weighted by molar-refractivity contribution is -0.235. The minimum atomic E-state index is -5.45. The van der Waals surface area contributed by atoms with Gasteiger partial charge in [0.05, 0.1) is 0 Å². The number of hydrogen-bond donors (Lipinski definition) is 4. The van der Waals surface area contributed by atoms with E-state index < -0.39 is 29.8 Å². The van der Waals surface area contributed by atoms with Gasteiger partial charge in [0.1, 0.15) is 0 Å². The molecule has 0 saturated heterocycles. The largest absolute Gasteiger partial charge is 0.481 e. The Balaban J connectivity index is 5.24. The average molecular weight is 217 g/mol. The molecule has 0 amide bonds. The minimum absolute atomic E-state index is 2.47. The van der Waals surface area contributed by atoms with E-state index in [1.807, 2.05) is 0 Å². The predicted octanol–water partition coefficient (Wildman–Crippen LogP) is -1.02. The molecule has 0 spiro atoms. The number of nitrogens with two attached hydrogens (primary N) is 1. The molecule has 0 aliphatic carbocycles. The molecule has 0 aromatic rings. The molecule has 0 aromatic carbocycles. The Bertz CT molecular complexity index is 261. The van der Waals surface area contributed by atoms with Crippen LogP contribution in [0.5, 0.6) is 0 Å².